The average Bonchev–Trinajstić information content (AvgIpc) is 2.57. The van der Waals surface area contributed by atoms with E-state index in [1.807, 2.05) is 0 Å². The maximum atomic E-state index is 12.3. The van der Waals surface area contributed by atoms with Crippen LogP contribution in [0.5, 0.6) is 0 Å². The number of carbonyl (C=O) groups excluding carboxylic acids is 1. The Morgan fingerprint density at radius 2 is 1.82 bits per heavy atom. The van der Waals surface area contributed by atoms with Gasteiger partial charge in [-0.15, -0.1) is 0 Å². The van der Waals surface area contributed by atoms with Gasteiger partial charge >= 0.3 is 6.18 Å². The molecular weight excluding hydrogens is 235 g/mol. The lowest BCUT2D eigenvalue weighted by Gasteiger charge is -2.16. The Balaban J connectivity index is 2.22. The van der Waals surface area contributed by atoms with Crippen LogP contribution < -0.4 is 4.90 Å². The fourth-order valence-electron chi connectivity index (χ4n) is 1.77. The van der Waals surface area contributed by atoms with Crippen LogP contribution in [0.15, 0.2) is 24.3 Å². The quantitative estimate of drug-likeness (QED) is 0.819. The number of halogens is 3. The molecule has 0 spiro atoms. The summed E-state index contributed by atoms with van der Waals surface area (Å²) < 4.78 is 36.9. The van der Waals surface area contributed by atoms with Crippen LogP contribution in [0.25, 0.3) is 0 Å². The summed E-state index contributed by atoms with van der Waals surface area (Å²) in [5, 5.41) is 9.27. The minimum absolute atomic E-state index is 0.0149. The topological polar surface area (TPSA) is 40.5 Å². The molecule has 0 aromatic heterocycles. The summed E-state index contributed by atoms with van der Waals surface area (Å²) in [5.41, 5.74) is -0.381. The highest BCUT2D eigenvalue weighted by molar-refractivity contribution is 5.96. The zero-order chi connectivity index (χ0) is 12.6. The first-order valence-electron chi connectivity index (χ1n) is 5.03. The number of hydrogen-bond donors (Lipinski definition) is 1. The van der Waals surface area contributed by atoms with Crippen molar-refractivity contribution in [3.63, 3.8) is 0 Å². The number of benzene rings is 1. The van der Waals surface area contributed by atoms with Gasteiger partial charge in [0, 0.05) is 5.69 Å². The molecular formula is C11H10F3NO2. The molecule has 1 unspecified atom stereocenters. The number of alkyl halides is 3. The van der Waals surface area contributed by atoms with Gasteiger partial charge in [0.2, 0.25) is 5.91 Å². The Morgan fingerprint density at radius 1 is 1.24 bits per heavy atom. The van der Waals surface area contributed by atoms with Crippen LogP contribution in [0.2, 0.25) is 0 Å². The Morgan fingerprint density at radius 3 is 2.24 bits per heavy atom. The minimum atomic E-state index is -4.38. The average molecular weight is 245 g/mol. The molecule has 1 amide bonds. The van der Waals surface area contributed by atoms with E-state index in [1.54, 1.807) is 0 Å². The molecule has 0 radical (unpaired) electrons. The summed E-state index contributed by atoms with van der Waals surface area (Å²) in [6, 6.07) is 4.32. The molecule has 1 N–H and O–H groups in total. The van der Waals surface area contributed by atoms with Gasteiger partial charge in [-0.1, -0.05) is 0 Å². The minimum Gasteiger partial charge on any atom is -0.391 e. The summed E-state index contributed by atoms with van der Waals surface area (Å²) in [6.07, 6.45) is -5.11. The monoisotopic (exact) mass is 245 g/mol. The lowest BCUT2D eigenvalue weighted by atomic mass is 10.2. The number of rotatable bonds is 1. The van der Waals surface area contributed by atoms with Crippen LogP contribution in [0.1, 0.15) is 12.0 Å². The van der Waals surface area contributed by atoms with E-state index in [-0.39, 0.29) is 18.9 Å². The molecule has 0 bridgehead atoms. The fourth-order valence-corrected chi connectivity index (χ4v) is 1.77. The Bertz CT molecular complexity index is 427. The highest BCUT2D eigenvalue weighted by Gasteiger charge is 2.32. The van der Waals surface area contributed by atoms with E-state index in [9.17, 15) is 23.1 Å². The first-order valence-corrected chi connectivity index (χ1v) is 5.03. The number of hydrogen-bond acceptors (Lipinski definition) is 2. The van der Waals surface area contributed by atoms with E-state index < -0.39 is 17.8 Å². The SMILES string of the molecule is O=C1CC(O)CN1c1ccc(C(F)(F)F)cc1. The largest absolute Gasteiger partial charge is 0.416 e. The molecule has 0 aliphatic carbocycles. The van der Waals surface area contributed by atoms with Crippen molar-refractivity contribution in [1.82, 2.24) is 0 Å². The van der Waals surface area contributed by atoms with Crippen LogP contribution in [-0.2, 0) is 11.0 Å². The van der Waals surface area contributed by atoms with Crippen molar-refractivity contribution in [2.24, 2.45) is 0 Å². The molecule has 0 saturated carbocycles. The summed E-state index contributed by atoms with van der Waals surface area (Å²) in [4.78, 5) is 12.7. The van der Waals surface area contributed by atoms with Crippen LogP contribution >= 0.6 is 0 Å². The predicted octanol–water partition coefficient (Wildman–Crippen LogP) is 1.80. The number of aliphatic hydroxyl groups excluding tert-OH is 1. The standard InChI is InChI=1S/C11H10F3NO2/c12-11(13,14)7-1-3-8(4-2-7)15-6-9(16)5-10(15)17/h1-4,9,16H,5-6H2. The smallest absolute Gasteiger partial charge is 0.391 e. The van der Waals surface area contributed by atoms with E-state index in [1.165, 1.54) is 17.0 Å². The Hall–Kier alpha value is -1.56. The van der Waals surface area contributed by atoms with Crippen molar-refractivity contribution in [3.05, 3.63) is 29.8 Å². The number of β-amino-alcohol motifs (C(OH)–C–C–N with tert-alkyl or cyclic N) is 1. The van der Waals surface area contributed by atoms with Gasteiger partial charge in [0.25, 0.3) is 0 Å². The molecule has 1 aromatic rings. The third-order valence-electron chi connectivity index (χ3n) is 2.61. The van der Waals surface area contributed by atoms with Crippen LogP contribution in [-0.4, -0.2) is 23.7 Å². The van der Waals surface area contributed by atoms with Gasteiger partial charge in [0.1, 0.15) is 0 Å². The molecule has 1 aliphatic heterocycles. The molecule has 1 fully saturated rings. The molecule has 1 saturated heterocycles. The predicted molar refractivity (Wildman–Crippen MR) is 54.4 cm³/mol. The van der Waals surface area contributed by atoms with E-state index in [2.05, 4.69) is 0 Å². The highest BCUT2D eigenvalue weighted by atomic mass is 19.4. The number of anilines is 1. The van der Waals surface area contributed by atoms with Crippen molar-refractivity contribution >= 4 is 11.6 Å². The van der Waals surface area contributed by atoms with Crippen LogP contribution in [0.3, 0.4) is 0 Å². The van der Waals surface area contributed by atoms with Gasteiger partial charge in [0.15, 0.2) is 0 Å². The van der Waals surface area contributed by atoms with Gasteiger partial charge in [-0.2, -0.15) is 13.2 Å². The van der Waals surface area contributed by atoms with Gasteiger partial charge in [-0.3, -0.25) is 4.79 Å². The molecule has 2 rings (SSSR count). The Labute approximate surface area is 95.5 Å². The summed E-state index contributed by atoms with van der Waals surface area (Å²) in [6.45, 7) is 0.129. The maximum absolute atomic E-state index is 12.3. The normalized spacial score (nSPS) is 21.1. The van der Waals surface area contributed by atoms with E-state index >= 15 is 0 Å². The van der Waals surface area contributed by atoms with Crippen molar-refractivity contribution < 1.29 is 23.1 Å². The number of nitrogens with zero attached hydrogens (tertiary/aromatic N) is 1. The van der Waals surface area contributed by atoms with Crippen LogP contribution in [0.4, 0.5) is 18.9 Å². The second-order valence-electron chi connectivity index (χ2n) is 3.91. The van der Waals surface area contributed by atoms with Gasteiger partial charge in [0.05, 0.1) is 24.6 Å². The first kappa shape index (κ1) is 11.9. The van der Waals surface area contributed by atoms with E-state index in [0.29, 0.717) is 5.69 Å². The molecule has 1 heterocycles. The third-order valence-corrected chi connectivity index (χ3v) is 2.61. The van der Waals surface area contributed by atoms with Crippen molar-refractivity contribution in [2.45, 2.75) is 18.7 Å². The zero-order valence-corrected chi connectivity index (χ0v) is 8.74. The third kappa shape index (κ3) is 2.41. The molecule has 3 nitrogen and oxygen atoms in total. The molecule has 1 aliphatic rings. The summed E-state index contributed by atoms with van der Waals surface area (Å²) in [5.74, 6) is -0.280. The van der Waals surface area contributed by atoms with E-state index in [0.717, 1.165) is 12.1 Å². The lowest BCUT2D eigenvalue weighted by Crippen LogP contribution is -2.25. The van der Waals surface area contributed by atoms with Crippen molar-refractivity contribution in [2.75, 3.05) is 11.4 Å². The van der Waals surface area contributed by atoms with Crippen molar-refractivity contribution in [1.29, 1.82) is 0 Å². The van der Waals surface area contributed by atoms with Crippen LogP contribution in [0, 0.1) is 0 Å². The fraction of sp³-hybridized carbons (Fsp3) is 0.364. The Kier molecular flexibility index (Phi) is 2.82. The molecule has 17 heavy (non-hydrogen) atoms. The van der Waals surface area contributed by atoms with E-state index in [4.69, 9.17) is 0 Å². The molecule has 1 aromatic carbocycles. The summed E-state index contributed by atoms with van der Waals surface area (Å²) in [7, 11) is 0. The number of aliphatic hydroxyl groups is 1. The van der Waals surface area contributed by atoms with Gasteiger partial charge in [-0.25, -0.2) is 0 Å². The molecule has 6 heteroatoms. The highest BCUT2D eigenvalue weighted by Crippen LogP contribution is 2.31. The second-order valence-corrected chi connectivity index (χ2v) is 3.91. The lowest BCUT2D eigenvalue weighted by molar-refractivity contribution is -0.137. The summed E-state index contributed by atoms with van der Waals surface area (Å²) >= 11 is 0. The number of amides is 1. The van der Waals surface area contributed by atoms with Gasteiger partial charge < -0.3 is 10.0 Å². The second kappa shape index (κ2) is 4.03. The molecule has 92 valence electrons. The zero-order valence-electron chi connectivity index (χ0n) is 8.74. The van der Waals surface area contributed by atoms with Crippen molar-refractivity contribution in [3.8, 4) is 0 Å². The molecule has 1 atom stereocenters. The maximum Gasteiger partial charge on any atom is 0.416 e. The van der Waals surface area contributed by atoms with Gasteiger partial charge in [-0.05, 0) is 24.3 Å². The number of carbonyl (C=O) groups is 1. The first-order chi connectivity index (χ1) is 7.88.